The standard InChI is InChI=1S/C12H18O2/c1-7(13)6-10-11(14)8(2)9(3)12(10,4)5/h10H,6H2,1-5H3. The van der Waals surface area contributed by atoms with Crippen LogP contribution in [-0.4, -0.2) is 11.6 Å². The summed E-state index contributed by atoms with van der Waals surface area (Å²) >= 11 is 0. The van der Waals surface area contributed by atoms with Crippen LogP contribution >= 0.6 is 0 Å². The minimum Gasteiger partial charge on any atom is -0.300 e. The van der Waals surface area contributed by atoms with Crippen LogP contribution < -0.4 is 0 Å². The fourth-order valence-corrected chi connectivity index (χ4v) is 2.15. The molecule has 0 aliphatic heterocycles. The molecule has 0 saturated heterocycles. The van der Waals surface area contributed by atoms with Crippen molar-refractivity contribution in [3.05, 3.63) is 11.1 Å². The van der Waals surface area contributed by atoms with E-state index in [0.717, 1.165) is 11.1 Å². The predicted octanol–water partition coefficient (Wildman–Crippen LogP) is 2.53. The fraction of sp³-hybridized carbons (Fsp3) is 0.667. The summed E-state index contributed by atoms with van der Waals surface area (Å²) < 4.78 is 0. The minimum atomic E-state index is -0.146. The number of rotatable bonds is 2. The van der Waals surface area contributed by atoms with Crippen LogP contribution in [0.3, 0.4) is 0 Å². The maximum Gasteiger partial charge on any atom is 0.162 e. The highest BCUT2D eigenvalue weighted by Gasteiger charge is 2.44. The highest BCUT2D eigenvalue weighted by Crippen LogP contribution is 2.45. The molecule has 0 bridgehead atoms. The third kappa shape index (κ3) is 1.54. The van der Waals surface area contributed by atoms with Crippen LogP contribution in [0.2, 0.25) is 0 Å². The van der Waals surface area contributed by atoms with Gasteiger partial charge in [-0.3, -0.25) is 4.79 Å². The SMILES string of the molecule is CC(=O)CC1C(=O)C(C)=C(C)C1(C)C. The fourth-order valence-electron chi connectivity index (χ4n) is 2.15. The van der Waals surface area contributed by atoms with Crippen LogP contribution in [0.5, 0.6) is 0 Å². The largest absolute Gasteiger partial charge is 0.300 e. The van der Waals surface area contributed by atoms with Crippen LogP contribution in [0.25, 0.3) is 0 Å². The Hall–Kier alpha value is -0.920. The van der Waals surface area contributed by atoms with Crippen molar-refractivity contribution in [2.45, 2.75) is 41.0 Å². The van der Waals surface area contributed by atoms with Gasteiger partial charge < -0.3 is 4.79 Å². The lowest BCUT2D eigenvalue weighted by molar-refractivity contribution is -0.126. The summed E-state index contributed by atoms with van der Waals surface area (Å²) in [6, 6.07) is 0. The maximum absolute atomic E-state index is 11.9. The second-order valence-electron chi connectivity index (χ2n) is 4.79. The Morgan fingerprint density at radius 3 is 2.14 bits per heavy atom. The van der Waals surface area contributed by atoms with E-state index < -0.39 is 0 Å². The average molecular weight is 194 g/mol. The topological polar surface area (TPSA) is 34.1 Å². The third-order valence-corrected chi connectivity index (χ3v) is 3.58. The van der Waals surface area contributed by atoms with Crippen molar-refractivity contribution in [1.82, 2.24) is 0 Å². The van der Waals surface area contributed by atoms with E-state index in [-0.39, 0.29) is 22.9 Å². The summed E-state index contributed by atoms with van der Waals surface area (Å²) in [5.74, 6) is 0.113. The Morgan fingerprint density at radius 2 is 1.86 bits per heavy atom. The Kier molecular flexibility index (Phi) is 2.66. The van der Waals surface area contributed by atoms with Crippen LogP contribution in [0.1, 0.15) is 41.0 Å². The quantitative estimate of drug-likeness (QED) is 0.677. The summed E-state index contributed by atoms with van der Waals surface area (Å²) in [5.41, 5.74) is 1.84. The molecule has 14 heavy (non-hydrogen) atoms. The monoisotopic (exact) mass is 194 g/mol. The Labute approximate surface area is 85.4 Å². The molecule has 0 amide bonds. The molecule has 0 radical (unpaired) electrons. The van der Waals surface area contributed by atoms with Gasteiger partial charge in [0.25, 0.3) is 0 Å². The maximum atomic E-state index is 11.9. The number of hydrogen-bond donors (Lipinski definition) is 0. The van der Waals surface area contributed by atoms with Gasteiger partial charge in [-0.1, -0.05) is 19.4 Å². The van der Waals surface area contributed by atoms with Crippen molar-refractivity contribution in [3.63, 3.8) is 0 Å². The zero-order valence-electron chi connectivity index (χ0n) is 9.60. The summed E-state index contributed by atoms with van der Waals surface area (Å²) in [6.07, 6.45) is 0.376. The molecular formula is C12H18O2. The van der Waals surface area contributed by atoms with Gasteiger partial charge in [0.05, 0.1) is 0 Å². The normalized spacial score (nSPS) is 25.8. The Balaban J connectivity index is 3.03. The lowest BCUT2D eigenvalue weighted by Crippen LogP contribution is -2.27. The van der Waals surface area contributed by atoms with E-state index in [1.165, 1.54) is 0 Å². The summed E-state index contributed by atoms with van der Waals surface area (Å²) in [7, 11) is 0. The zero-order chi connectivity index (χ0) is 11.1. The van der Waals surface area contributed by atoms with Crippen LogP contribution in [-0.2, 0) is 9.59 Å². The Morgan fingerprint density at radius 1 is 1.36 bits per heavy atom. The number of Topliss-reactive ketones (excluding diaryl/α,β-unsaturated/α-hetero) is 2. The molecule has 0 fully saturated rings. The highest BCUT2D eigenvalue weighted by atomic mass is 16.1. The van der Waals surface area contributed by atoms with Gasteiger partial charge >= 0.3 is 0 Å². The first-order valence-corrected chi connectivity index (χ1v) is 5.00. The molecular weight excluding hydrogens is 176 g/mol. The Bertz CT molecular complexity index is 321. The molecule has 0 N–H and O–H groups in total. The number of carbonyl (C=O) groups is 2. The summed E-state index contributed by atoms with van der Waals surface area (Å²) in [4.78, 5) is 22.9. The first kappa shape index (κ1) is 11.2. The van der Waals surface area contributed by atoms with E-state index in [4.69, 9.17) is 0 Å². The van der Waals surface area contributed by atoms with Gasteiger partial charge in [0, 0.05) is 12.3 Å². The van der Waals surface area contributed by atoms with Crippen molar-refractivity contribution in [3.8, 4) is 0 Å². The van der Waals surface area contributed by atoms with Crippen LogP contribution in [0.15, 0.2) is 11.1 Å². The number of ketones is 2. The molecule has 1 aliphatic rings. The van der Waals surface area contributed by atoms with E-state index in [0.29, 0.717) is 6.42 Å². The van der Waals surface area contributed by atoms with Crippen LogP contribution in [0, 0.1) is 11.3 Å². The predicted molar refractivity (Wildman–Crippen MR) is 56.0 cm³/mol. The zero-order valence-corrected chi connectivity index (χ0v) is 9.60. The summed E-state index contributed by atoms with van der Waals surface area (Å²) in [5, 5.41) is 0. The minimum absolute atomic E-state index is 0.0962. The lowest BCUT2D eigenvalue weighted by atomic mass is 9.75. The third-order valence-electron chi connectivity index (χ3n) is 3.58. The van der Waals surface area contributed by atoms with Gasteiger partial charge in [-0.25, -0.2) is 0 Å². The second-order valence-corrected chi connectivity index (χ2v) is 4.79. The van der Waals surface area contributed by atoms with Crippen molar-refractivity contribution in [2.75, 3.05) is 0 Å². The molecule has 0 aromatic carbocycles. The molecule has 0 aromatic heterocycles. The molecule has 2 heteroatoms. The van der Waals surface area contributed by atoms with E-state index in [1.807, 2.05) is 27.7 Å². The van der Waals surface area contributed by atoms with Gasteiger partial charge in [0.1, 0.15) is 5.78 Å². The number of allylic oxidation sites excluding steroid dienone is 2. The number of carbonyl (C=O) groups excluding carboxylic acids is 2. The van der Waals surface area contributed by atoms with Gasteiger partial charge in [-0.2, -0.15) is 0 Å². The summed E-state index contributed by atoms with van der Waals surface area (Å²) in [6.45, 7) is 9.49. The molecule has 1 atom stereocenters. The van der Waals surface area contributed by atoms with Gasteiger partial charge in [0.15, 0.2) is 5.78 Å². The van der Waals surface area contributed by atoms with Gasteiger partial charge in [0.2, 0.25) is 0 Å². The van der Waals surface area contributed by atoms with Gasteiger partial charge in [-0.05, 0) is 31.8 Å². The van der Waals surface area contributed by atoms with Crippen molar-refractivity contribution >= 4 is 11.6 Å². The first-order valence-electron chi connectivity index (χ1n) is 5.00. The van der Waals surface area contributed by atoms with Gasteiger partial charge in [-0.15, -0.1) is 0 Å². The second kappa shape index (κ2) is 3.34. The lowest BCUT2D eigenvalue weighted by Gasteiger charge is -2.27. The van der Waals surface area contributed by atoms with Crippen molar-refractivity contribution in [2.24, 2.45) is 11.3 Å². The molecule has 2 nitrogen and oxygen atoms in total. The molecule has 1 unspecified atom stereocenters. The first-order chi connectivity index (χ1) is 6.28. The van der Waals surface area contributed by atoms with Crippen molar-refractivity contribution < 1.29 is 9.59 Å². The highest BCUT2D eigenvalue weighted by molar-refractivity contribution is 6.03. The average Bonchev–Trinajstić information content (AvgIpc) is 2.20. The molecule has 0 saturated carbocycles. The molecule has 0 heterocycles. The van der Waals surface area contributed by atoms with E-state index in [2.05, 4.69) is 0 Å². The van der Waals surface area contributed by atoms with Crippen molar-refractivity contribution in [1.29, 1.82) is 0 Å². The van der Waals surface area contributed by atoms with E-state index in [1.54, 1.807) is 6.92 Å². The smallest absolute Gasteiger partial charge is 0.162 e. The molecule has 1 rings (SSSR count). The molecule has 1 aliphatic carbocycles. The molecule has 0 aromatic rings. The van der Waals surface area contributed by atoms with Crippen LogP contribution in [0.4, 0.5) is 0 Å². The molecule has 0 spiro atoms. The van der Waals surface area contributed by atoms with E-state index in [9.17, 15) is 9.59 Å². The number of hydrogen-bond acceptors (Lipinski definition) is 2. The molecule has 78 valence electrons. The van der Waals surface area contributed by atoms with E-state index >= 15 is 0 Å².